The lowest BCUT2D eigenvalue weighted by atomic mass is 10.1. The zero-order valence-electron chi connectivity index (χ0n) is 9.86. The second kappa shape index (κ2) is 6.02. The summed E-state index contributed by atoms with van der Waals surface area (Å²) in [5.41, 5.74) is -0.133. The van der Waals surface area contributed by atoms with Crippen LogP contribution in [-0.2, 0) is 4.74 Å². The standard InChI is InChI=1S/C12H15ClN2O3/c13-9-4-5-10(15-11(9)12(16)17)14-7-8-3-1-2-6-18-8/h4-5,8H,1-3,6-7H2,(H,14,15)(H,16,17). The molecular formula is C12H15ClN2O3. The number of halogens is 1. The topological polar surface area (TPSA) is 71.5 Å². The van der Waals surface area contributed by atoms with Crippen LogP contribution in [-0.4, -0.2) is 35.3 Å². The fourth-order valence-corrected chi connectivity index (χ4v) is 2.06. The molecule has 1 atom stereocenters. The summed E-state index contributed by atoms with van der Waals surface area (Å²) in [4.78, 5) is 14.8. The zero-order valence-corrected chi connectivity index (χ0v) is 10.6. The Kier molecular flexibility index (Phi) is 4.38. The lowest BCUT2D eigenvalue weighted by molar-refractivity contribution is 0.0247. The van der Waals surface area contributed by atoms with Crippen molar-refractivity contribution in [2.45, 2.75) is 25.4 Å². The Morgan fingerprint density at radius 3 is 3.06 bits per heavy atom. The van der Waals surface area contributed by atoms with Gasteiger partial charge in [0.15, 0.2) is 5.69 Å². The Morgan fingerprint density at radius 1 is 1.56 bits per heavy atom. The van der Waals surface area contributed by atoms with Crippen molar-refractivity contribution in [3.05, 3.63) is 22.8 Å². The highest BCUT2D eigenvalue weighted by Crippen LogP contribution is 2.18. The molecule has 0 radical (unpaired) electrons. The summed E-state index contributed by atoms with van der Waals surface area (Å²) in [6.45, 7) is 1.43. The predicted octanol–water partition coefficient (Wildman–Crippen LogP) is 2.41. The fraction of sp³-hybridized carbons (Fsp3) is 0.500. The number of carboxylic acid groups (broad SMARTS) is 1. The van der Waals surface area contributed by atoms with Gasteiger partial charge in [-0.05, 0) is 31.4 Å². The average molecular weight is 271 g/mol. The van der Waals surface area contributed by atoms with Gasteiger partial charge in [0.25, 0.3) is 0 Å². The Bertz CT molecular complexity index is 433. The van der Waals surface area contributed by atoms with E-state index in [1.54, 1.807) is 6.07 Å². The summed E-state index contributed by atoms with van der Waals surface area (Å²) in [5, 5.41) is 12.1. The van der Waals surface area contributed by atoms with Crippen molar-refractivity contribution in [3.63, 3.8) is 0 Å². The Morgan fingerprint density at radius 2 is 2.39 bits per heavy atom. The van der Waals surface area contributed by atoms with Gasteiger partial charge in [0.2, 0.25) is 0 Å². The highest BCUT2D eigenvalue weighted by molar-refractivity contribution is 6.33. The molecule has 1 aromatic rings. The third kappa shape index (κ3) is 3.34. The van der Waals surface area contributed by atoms with Crippen LogP contribution in [0, 0.1) is 0 Å². The molecule has 1 fully saturated rings. The molecule has 0 spiro atoms. The van der Waals surface area contributed by atoms with Crippen molar-refractivity contribution in [1.82, 2.24) is 4.98 Å². The number of ether oxygens (including phenoxy) is 1. The molecule has 0 aliphatic carbocycles. The number of anilines is 1. The lowest BCUT2D eigenvalue weighted by Crippen LogP contribution is -2.27. The highest BCUT2D eigenvalue weighted by atomic mass is 35.5. The van der Waals surface area contributed by atoms with E-state index in [9.17, 15) is 4.79 Å². The molecule has 0 aromatic carbocycles. The fourth-order valence-electron chi connectivity index (χ4n) is 1.88. The van der Waals surface area contributed by atoms with Crippen LogP contribution in [0.2, 0.25) is 5.02 Å². The van der Waals surface area contributed by atoms with Gasteiger partial charge in [0.05, 0.1) is 11.1 Å². The van der Waals surface area contributed by atoms with E-state index in [4.69, 9.17) is 21.4 Å². The summed E-state index contributed by atoms with van der Waals surface area (Å²) in [6, 6.07) is 3.19. The smallest absolute Gasteiger partial charge is 0.356 e. The van der Waals surface area contributed by atoms with Gasteiger partial charge in [-0.25, -0.2) is 9.78 Å². The molecule has 0 bridgehead atoms. The minimum Gasteiger partial charge on any atom is -0.476 e. The Balaban J connectivity index is 1.96. The van der Waals surface area contributed by atoms with Crippen LogP contribution in [0.3, 0.4) is 0 Å². The summed E-state index contributed by atoms with van der Waals surface area (Å²) < 4.78 is 5.57. The molecule has 0 amide bonds. The molecule has 18 heavy (non-hydrogen) atoms. The van der Waals surface area contributed by atoms with E-state index >= 15 is 0 Å². The largest absolute Gasteiger partial charge is 0.476 e. The van der Waals surface area contributed by atoms with Gasteiger partial charge >= 0.3 is 5.97 Å². The van der Waals surface area contributed by atoms with Crippen LogP contribution in [0.15, 0.2) is 12.1 Å². The van der Waals surface area contributed by atoms with Crippen molar-refractivity contribution in [3.8, 4) is 0 Å². The summed E-state index contributed by atoms with van der Waals surface area (Å²) in [5.74, 6) is -0.622. The number of hydrogen-bond acceptors (Lipinski definition) is 4. The first-order valence-electron chi connectivity index (χ1n) is 5.92. The lowest BCUT2D eigenvalue weighted by Gasteiger charge is -2.23. The van der Waals surface area contributed by atoms with E-state index < -0.39 is 5.97 Å². The van der Waals surface area contributed by atoms with Gasteiger partial charge < -0.3 is 15.2 Å². The number of hydrogen-bond donors (Lipinski definition) is 2. The second-order valence-electron chi connectivity index (χ2n) is 4.20. The van der Waals surface area contributed by atoms with Crippen molar-refractivity contribution in [2.75, 3.05) is 18.5 Å². The maximum Gasteiger partial charge on any atom is 0.356 e. The van der Waals surface area contributed by atoms with Crippen LogP contribution in [0.4, 0.5) is 5.82 Å². The SMILES string of the molecule is O=C(O)c1nc(NCC2CCCCO2)ccc1Cl. The summed E-state index contributed by atoms with van der Waals surface area (Å²) in [7, 11) is 0. The normalized spacial score (nSPS) is 19.5. The third-order valence-electron chi connectivity index (χ3n) is 2.83. The number of pyridine rings is 1. The Hall–Kier alpha value is -1.33. The molecule has 1 saturated heterocycles. The van der Waals surface area contributed by atoms with Crippen LogP contribution >= 0.6 is 11.6 Å². The van der Waals surface area contributed by atoms with Gasteiger partial charge in [-0.15, -0.1) is 0 Å². The number of carbonyl (C=O) groups is 1. The Labute approximate surface area is 110 Å². The molecular weight excluding hydrogens is 256 g/mol. The van der Waals surface area contributed by atoms with Crippen molar-refractivity contribution >= 4 is 23.4 Å². The maximum atomic E-state index is 10.9. The van der Waals surface area contributed by atoms with Crippen LogP contribution < -0.4 is 5.32 Å². The van der Waals surface area contributed by atoms with Gasteiger partial charge in [-0.3, -0.25) is 0 Å². The first kappa shape index (κ1) is 13.1. The monoisotopic (exact) mass is 270 g/mol. The van der Waals surface area contributed by atoms with E-state index in [0.29, 0.717) is 12.4 Å². The van der Waals surface area contributed by atoms with E-state index in [1.807, 2.05) is 0 Å². The van der Waals surface area contributed by atoms with Gasteiger partial charge in [0, 0.05) is 13.2 Å². The molecule has 5 nitrogen and oxygen atoms in total. The first-order valence-corrected chi connectivity index (χ1v) is 6.30. The molecule has 1 aliphatic heterocycles. The number of aromatic nitrogens is 1. The minimum atomic E-state index is -1.13. The molecule has 1 unspecified atom stereocenters. The van der Waals surface area contributed by atoms with E-state index in [1.165, 1.54) is 12.5 Å². The average Bonchev–Trinajstić information content (AvgIpc) is 2.38. The van der Waals surface area contributed by atoms with E-state index in [-0.39, 0.29) is 16.8 Å². The minimum absolute atomic E-state index is 0.133. The van der Waals surface area contributed by atoms with Gasteiger partial charge in [-0.1, -0.05) is 11.6 Å². The zero-order chi connectivity index (χ0) is 13.0. The van der Waals surface area contributed by atoms with Crippen molar-refractivity contribution in [2.24, 2.45) is 0 Å². The quantitative estimate of drug-likeness (QED) is 0.879. The molecule has 1 aromatic heterocycles. The number of rotatable bonds is 4. The van der Waals surface area contributed by atoms with Crippen LogP contribution in [0.5, 0.6) is 0 Å². The number of nitrogens with zero attached hydrogens (tertiary/aromatic N) is 1. The molecule has 98 valence electrons. The number of nitrogens with one attached hydrogen (secondary N) is 1. The molecule has 2 N–H and O–H groups in total. The van der Waals surface area contributed by atoms with Crippen LogP contribution in [0.1, 0.15) is 29.8 Å². The second-order valence-corrected chi connectivity index (χ2v) is 4.61. The van der Waals surface area contributed by atoms with E-state index in [2.05, 4.69) is 10.3 Å². The molecule has 2 heterocycles. The first-order chi connectivity index (χ1) is 8.66. The summed E-state index contributed by atoms with van der Waals surface area (Å²) in [6.07, 6.45) is 3.47. The van der Waals surface area contributed by atoms with Crippen LogP contribution in [0.25, 0.3) is 0 Å². The highest BCUT2D eigenvalue weighted by Gasteiger charge is 2.15. The molecule has 2 rings (SSSR count). The summed E-state index contributed by atoms with van der Waals surface area (Å²) >= 11 is 5.74. The molecule has 0 saturated carbocycles. The predicted molar refractivity (Wildman–Crippen MR) is 68.3 cm³/mol. The number of aromatic carboxylic acids is 1. The van der Waals surface area contributed by atoms with Gasteiger partial charge in [0.1, 0.15) is 5.82 Å². The number of carboxylic acids is 1. The third-order valence-corrected chi connectivity index (χ3v) is 3.14. The van der Waals surface area contributed by atoms with E-state index in [0.717, 1.165) is 19.4 Å². The molecule has 6 heteroatoms. The molecule has 1 aliphatic rings. The van der Waals surface area contributed by atoms with Gasteiger partial charge in [-0.2, -0.15) is 0 Å². The van der Waals surface area contributed by atoms with Crippen molar-refractivity contribution < 1.29 is 14.6 Å². The van der Waals surface area contributed by atoms with Crippen molar-refractivity contribution in [1.29, 1.82) is 0 Å². The maximum absolute atomic E-state index is 10.9.